The van der Waals surface area contributed by atoms with Gasteiger partial charge in [0.15, 0.2) is 0 Å². The SMILES string of the molecule is CCCN(CC1CC1)C(=O)Cn1ccc(=O)[nH]c1=O. The van der Waals surface area contributed by atoms with Crippen LogP contribution in [0.3, 0.4) is 0 Å². The zero-order chi connectivity index (χ0) is 13.8. The molecule has 0 saturated heterocycles. The lowest BCUT2D eigenvalue weighted by Crippen LogP contribution is -2.39. The van der Waals surface area contributed by atoms with Crippen molar-refractivity contribution >= 4 is 5.91 Å². The van der Waals surface area contributed by atoms with Crippen LogP contribution in [0.15, 0.2) is 21.9 Å². The van der Waals surface area contributed by atoms with Gasteiger partial charge in [-0.1, -0.05) is 6.92 Å². The van der Waals surface area contributed by atoms with Crippen LogP contribution in [0.25, 0.3) is 0 Å². The van der Waals surface area contributed by atoms with E-state index in [1.807, 2.05) is 11.8 Å². The van der Waals surface area contributed by atoms with Crippen molar-refractivity contribution in [1.29, 1.82) is 0 Å². The number of rotatable bonds is 6. The molecule has 0 radical (unpaired) electrons. The average molecular weight is 265 g/mol. The van der Waals surface area contributed by atoms with Crippen LogP contribution in [0.2, 0.25) is 0 Å². The fourth-order valence-corrected chi connectivity index (χ4v) is 2.01. The molecule has 1 amide bonds. The number of hydrogen-bond donors (Lipinski definition) is 1. The zero-order valence-corrected chi connectivity index (χ0v) is 11.1. The first-order valence-corrected chi connectivity index (χ1v) is 6.67. The van der Waals surface area contributed by atoms with E-state index >= 15 is 0 Å². The van der Waals surface area contributed by atoms with Crippen molar-refractivity contribution in [2.24, 2.45) is 5.92 Å². The number of aromatic nitrogens is 2. The minimum atomic E-state index is -0.538. The predicted octanol–water partition coefficient (Wildman–Crippen LogP) is 0.185. The van der Waals surface area contributed by atoms with E-state index in [0.717, 1.165) is 13.0 Å². The monoisotopic (exact) mass is 265 g/mol. The summed E-state index contributed by atoms with van der Waals surface area (Å²) < 4.78 is 1.24. The van der Waals surface area contributed by atoms with Gasteiger partial charge in [0.1, 0.15) is 6.54 Å². The summed E-state index contributed by atoms with van der Waals surface area (Å²) >= 11 is 0. The highest BCUT2D eigenvalue weighted by molar-refractivity contribution is 5.76. The van der Waals surface area contributed by atoms with E-state index in [9.17, 15) is 14.4 Å². The number of hydrogen-bond acceptors (Lipinski definition) is 3. The van der Waals surface area contributed by atoms with Gasteiger partial charge in [0.2, 0.25) is 5.91 Å². The van der Waals surface area contributed by atoms with Crippen molar-refractivity contribution in [2.45, 2.75) is 32.7 Å². The summed E-state index contributed by atoms with van der Waals surface area (Å²) in [4.78, 5) is 38.6. The second-order valence-corrected chi connectivity index (χ2v) is 5.02. The minimum absolute atomic E-state index is 0.0116. The predicted molar refractivity (Wildman–Crippen MR) is 70.9 cm³/mol. The van der Waals surface area contributed by atoms with Crippen molar-refractivity contribution in [3.63, 3.8) is 0 Å². The maximum Gasteiger partial charge on any atom is 0.328 e. The van der Waals surface area contributed by atoms with Gasteiger partial charge in [-0.3, -0.25) is 19.1 Å². The summed E-state index contributed by atoms with van der Waals surface area (Å²) in [7, 11) is 0. The third-order valence-corrected chi connectivity index (χ3v) is 3.22. The lowest BCUT2D eigenvalue weighted by atomic mass is 10.3. The summed E-state index contributed by atoms with van der Waals surface area (Å²) in [6.07, 6.45) is 4.64. The molecule has 19 heavy (non-hydrogen) atoms. The van der Waals surface area contributed by atoms with Crippen LogP contribution in [0.4, 0.5) is 0 Å². The highest BCUT2D eigenvalue weighted by Gasteiger charge is 2.26. The molecule has 1 saturated carbocycles. The molecule has 0 unspecified atom stereocenters. The molecule has 0 aromatic carbocycles. The molecular formula is C13H19N3O3. The Morgan fingerprint density at radius 1 is 1.47 bits per heavy atom. The molecule has 1 heterocycles. The molecule has 104 valence electrons. The smallest absolute Gasteiger partial charge is 0.328 e. The number of amides is 1. The second-order valence-electron chi connectivity index (χ2n) is 5.02. The molecule has 1 aliphatic carbocycles. The maximum atomic E-state index is 12.2. The van der Waals surface area contributed by atoms with E-state index in [-0.39, 0.29) is 12.5 Å². The molecule has 0 bridgehead atoms. The Morgan fingerprint density at radius 3 is 2.79 bits per heavy atom. The van der Waals surface area contributed by atoms with Crippen LogP contribution in [0.1, 0.15) is 26.2 Å². The Morgan fingerprint density at radius 2 is 2.21 bits per heavy atom. The molecule has 1 N–H and O–H groups in total. The highest BCUT2D eigenvalue weighted by Crippen LogP contribution is 2.29. The van der Waals surface area contributed by atoms with Crippen molar-refractivity contribution in [2.75, 3.05) is 13.1 Å². The van der Waals surface area contributed by atoms with E-state index in [1.165, 1.54) is 29.7 Å². The number of carbonyl (C=O) groups excluding carboxylic acids is 1. The van der Waals surface area contributed by atoms with Crippen molar-refractivity contribution in [1.82, 2.24) is 14.5 Å². The van der Waals surface area contributed by atoms with Gasteiger partial charge in [0, 0.05) is 25.4 Å². The zero-order valence-electron chi connectivity index (χ0n) is 11.1. The first-order chi connectivity index (χ1) is 9.10. The van der Waals surface area contributed by atoms with E-state index in [2.05, 4.69) is 4.98 Å². The maximum absolute atomic E-state index is 12.2. The van der Waals surface area contributed by atoms with Gasteiger partial charge < -0.3 is 4.90 Å². The average Bonchev–Trinajstić information content (AvgIpc) is 3.16. The largest absolute Gasteiger partial charge is 0.341 e. The summed E-state index contributed by atoms with van der Waals surface area (Å²) in [5, 5.41) is 0. The third-order valence-electron chi connectivity index (χ3n) is 3.22. The van der Waals surface area contributed by atoms with E-state index in [4.69, 9.17) is 0 Å². The molecule has 1 fully saturated rings. The summed E-state index contributed by atoms with van der Waals surface area (Å²) in [6, 6.07) is 1.25. The molecule has 6 heteroatoms. The van der Waals surface area contributed by atoms with Crippen LogP contribution in [-0.2, 0) is 11.3 Å². The second kappa shape index (κ2) is 5.86. The van der Waals surface area contributed by atoms with E-state index in [1.54, 1.807) is 0 Å². The van der Waals surface area contributed by atoms with Crippen LogP contribution >= 0.6 is 0 Å². The lowest BCUT2D eigenvalue weighted by molar-refractivity contribution is -0.132. The Kier molecular flexibility index (Phi) is 4.19. The summed E-state index contributed by atoms with van der Waals surface area (Å²) in [5.41, 5.74) is -0.985. The third kappa shape index (κ3) is 3.81. The van der Waals surface area contributed by atoms with Gasteiger partial charge in [-0.25, -0.2) is 4.79 Å². The van der Waals surface area contributed by atoms with Gasteiger partial charge in [0.05, 0.1) is 0 Å². The molecule has 2 rings (SSSR count). The van der Waals surface area contributed by atoms with Crippen molar-refractivity contribution in [3.8, 4) is 0 Å². The summed E-state index contributed by atoms with van der Waals surface area (Å²) in [5.74, 6) is 0.561. The number of carbonyl (C=O) groups is 1. The molecule has 6 nitrogen and oxygen atoms in total. The Bertz CT molecular complexity index is 557. The number of aromatic amines is 1. The van der Waals surface area contributed by atoms with Gasteiger partial charge in [-0.05, 0) is 25.2 Å². The molecule has 1 aromatic rings. The van der Waals surface area contributed by atoms with E-state index < -0.39 is 11.2 Å². The van der Waals surface area contributed by atoms with Crippen LogP contribution in [0, 0.1) is 5.92 Å². The number of nitrogens with one attached hydrogen (secondary N) is 1. The molecule has 0 aliphatic heterocycles. The lowest BCUT2D eigenvalue weighted by Gasteiger charge is -2.22. The Hall–Kier alpha value is -1.85. The fraction of sp³-hybridized carbons (Fsp3) is 0.615. The molecular weight excluding hydrogens is 246 g/mol. The number of H-pyrrole nitrogens is 1. The van der Waals surface area contributed by atoms with Crippen LogP contribution in [-0.4, -0.2) is 33.4 Å². The minimum Gasteiger partial charge on any atom is -0.341 e. The van der Waals surface area contributed by atoms with Gasteiger partial charge in [-0.2, -0.15) is 0 Å². The Labute approximate surface area is 111 Å². The first kappa shape index (κ1) is 13.6. The van der Waals surface area contributed by atoms with Crippen molar-refractivity contribution < 1.29 is 4.79 Å². The summed E-state index contributed by atoms with van der Waals surface area (Å²) in [6.45, 7) is 3.51. The topological polar surface area (TPSA) is 75.2 Å². The Balaban J connectivity index is 2.04. The van der Waals surface area contributed by atoms with Gasteiger partial charge in [-0.15, -0.1) is 0 Å². The molecule has 1 aliphatic rings. The van der Waals surface area contributed by atoms with Gasteiger partial charge in [0.25, 0.3) is 5.56 Å². The first-order valence-electron chi connectivity index (χ1n) is 6.67. The van der Waals surface area contributed by atoms with Crippen LogP contribution < -0.4 is 11.2 Å². The van der Waals surface area contributed by atoms with Crippen molar-refractivity contribution in [3.05, 3.63) is 33.1 Å². The normalized spacial score (nSPS) is 14.4. The molecule has 1 aromatic heterocycles. The van der Waals surface area contributed by atoms with E-state index in [0.29, 0.717) is 12.5 Å². The molecule has 0 spiro atoms. The standard InChI is InChI=1S/C13H19N3O3/c1-2-6-15(8-10-3-4-10)12(18)9-16-7-5-11(17)14-13(16)19/h5,7,10H,2-4,6,8-9H2,1H3,(H,14,17,19). The van der Waals surface area contributed by atoms with Crippen LogP contribution in [0.5, 0.6) is 0 Å². The fourth-order valence-electron chi connectivity index (χ4n) is 2.01. The quantitative estimate of drug-likeness (QED) is 0.797. The highest BCUT2D eigenvalue weighted by atomic mass is 16.2. The number of nitrogens with zero attached hydrogens (tertiary/aromatic N) is 2. The molecule has 0 atom stereocenters. The van der Waals surface area contributed by atoms with Gasteiger partial charge >= 0.3 is 5.69 Å².